The number of rotatable bonds is 4. The second kappa shape index (κ2) is 4.87. The average molecular weight is 178 g/mol. The third-order valence-corrected chi connectivity index (χ3v) is 1.90. The summed E-state index contributed by atoms with van der Waals surface area (Å²) >= 11 is 0. The summed E-state index contributed by atoms with van der Waals surface area (Å²) in [4.78, 5) is 2.16. The normalized spacial score (nSPS) is 10.5. The molecule has 71 valence electrons. The van der Waals surface area contributed by atoms with Crippen LogP contribution in [0.1, 0.15) is 5.56 Å². The molecule has 0 aliphatic heterocycles. The monoisotopic (exact) mass is 178 g/mol. The van der Waals surface area contributed by atoms with Crippen molar-refractivity contribution in [2.24, 2.45) is 0 Å². The highest BCUT2D eigenvalue weighted by molar-refractivity contribution is 5.27. The summed E-state index contributed by atoms with van der Waals surface area (Å²) in [6, 6.07) is 9.05. The molecule has 1 aromatic carbocycles. The molecule has 1 aromatic rings. The molecule has 0 saturated heterocycles. The number of ether oxygens (including phenoxy) is 1. The van der Waals surface area contributed by atoms with E-state index in [9.17, 15) is 0 Å². The summed E-state index contributed by atoms with van der Waals surface area (Å²) < 4.78 is 5.13. The second-order valence-corrected chi connectivity index (χ2v) is 3.31. The molecule has 0 unspecified atom stereocenters. The average Bonchev–Trinajstić information content (AvgIpc) is 2.15. The molecule has 0 heterocycles. The van der Waals surface area contributed by atoms with Crippen molar-refractivity contribution in [3.63, 3.8) is 0 Å². The molecule has 0 atom stereocenters. The summed E-state index contributed by atoms with van der Waals surface area (Å²) in [5.74, 6) is 0.910. The molecule has 2 heteroatoms. The van der Waals surface area contributed by atoms with E-state index >= 15 is 0 Å². The first-order chi connectivity index (χ1) is 6.22. The Morgan fingerprint density at radius 1 is 1.46 bits per heavy atom. The molecular formula is C11H16NO. The van der Waals surface area contributed by atoms with Gasteiger partial charge in [0.05, 0.1) is 7.11 Å². The molecule has 0 bridgehead atoms. The minimum atomic E-state index is 0.910. The van der Waals surface area contributed by atoms with Crippen LogP contribution >= 0.6 is 0 Å². The predicted molar refractivity (Wildman–Crippen MR) is 54.1 cm³/mol. The second-order valence-electron chi connectivity index (χ2n) is 3.31. The van der Waals surface area contributed by atoms with E-state index in [1.54, 1.807) is 7.11 Å². The van der Waals surface area contributed by atoms with Gasteiger partial charge >= 0.3 is 0 Å². The topological polar surface area (TPSA) is 12.5 Å². The molecule has 0 aliphatic rings. The molecule has 13 heavy (non-hydrogen) atoms. The molecule has 0 aromatic heterocycles. The Kier molecular flexibility index (Phi) is 3.77. The van der Waals surface area contributed by atoms with E-state index in [0.29, 0.717) is 0 Å². The number of methoxy groups -OCH3 is 1. The van der Waals surface area contributed by atoms with Gasteiger partial charge in [0.2, 0.25) is 0 Å². The Morgan fingerprint density at radius 3 is 2.85 bits per heavy atom. The Hall–Kier alpha value is -1.02. The van der Waals surface area contributed by atoms with Gasteiger partial charge in [-0.3, -0.25) is 0 Å². The van der Waals surface area contributed by atoms with Crippen LogP contribution in [-0.4, -0.2) is 32.6 Å². The zero-order valence-corrected chi connectivity index (χ0v) is 8.50. The van der Waals surface area contributed by atoms with Gasteiger partial charge in [-0.25, -0.2) is 0 Å². The standard InChI is InChI=1S/C11H16NO/c1-12(2)8-7-10-5-4-6-11(9-10)13-3/h4,6,9H,7-8H2,1-3H3. The Morgan fingerprint density at radius 2 is 2.23 bits per heavy atom. The first-order valence-corrected chi connectivity index (χ1v) is 4.41. The summed E-state index contributed by atoms with van der Waals surface area (Å²) in [6.07, 6.45) is 1.02. The Bertz CT molecular complexity index is 258. The molecule has 0 N–H and O–H groups in total. The zero-order valence-electron chi connectivity index (χ0n) is 8.50. The molecule has 0 fully saturated rings. The lowest BCUT2D eigenvalue weighted by Gasteiger charge is -2.09. The smallest absolute Gasteiger partial charge is 0.119 e. The van der Waals surface area contributed by atoms with E-state index in [0.717, 1.165) is 18.7 Å². The fourth-order valence-corrected chi connectivity index (χ4v) is 1.11. The SMILES string of the molecule is COc1cc[c]c(CCN(C)C)c1. The molecule has 0 amide bonds. The largest absolute Gasteiger partial charge is 0.497 e. The number of hydrogen-bond acceptors (Lipinski definition) is 2. The molecule has 2 nitrogen and oxygen atoms in total. The number of hydrogen-bond donors (Lipinski definition) is 0. The lowest BCUT2D eigenvalue weighted by atomic mass is 10.1. The Labute approximate surface area is 80.1 Å². The van der Waals surface area contributed by atoms with Gasteiger partial charge in [0, 0.05) is 6.54 Å². The van der Waals surface area contributed by atoms with Crippen LogP contribution in [0.3, 0.4) is 0 Å². The van der Waals surface area contributed by atoms with Crippen molar-refractivity contribution in [3.05, 3.63) is 29.8 Å². The third-order valence-electron chi connectivity index (χ3n) is 1.90. The highest BCUT2D eigenvalue weighted by Crippen LogP contribution is 2.12. The molecule has 0 aliphatic carbocycles. The van der Waals surface area contributed by atoms with E-state index in [-0.39, 0.29) is 0 Å². The van der Waals surface area contributed by atoms with Gasteiger partial charge in [-0.1, -0.05) is 6.07 Å². The van der Waals surface area contributed by atoms with Crippen LogP contribution in [0.2, 0.25) is 0 Å². The van der Waals surface area contributed by atoms with Crippen LogP contribution in [0, 0.1) is 6.07 Å². The van der Waals surface area contributed by atoms with Gasteiger partial charge in [-0.15, -0.1) is 0 Å². The van der Waals surface area contributed by atoms with Crippen molar-refractivity contribution in [2.75, 3.05) is 27.7 Å². The molecule has 0 saturated carbocycles. The maximum Gasteiger partial charge on any atom is 0.119 e. The zero-order chi connectivity index (χ0) is 9.68. The van der Waals surface area contributed by atoms with Gasteiger partial charge in [0.25, 0.3) is 0 Å². The van der Waals surface area contributed by atoms with Crippen molar-refractivity contribution < 1.29 is 4.74 Å². The summed E-state index contributed by atoms with van der Waals surface area (Å²) in [5.41, 5.74) is 1.20. The van der Waals surface area contributed by atoms with Crippen LogP contribution in [0.25, 0.3) is 0 Å². The maximum atomic E-state index is 5.13. The molecule has 0 spiro atoms. The van der Waals surface area contributed by atoms with Crippen molar-refractivity contribution in [1.29, 1.82) is 0 Å². The van der Waals surface area contributed by atoms with Crippen LogP contribution in [0.5, 0.6) is 5.75 Å². The fourth-order valence-electron chi connectivity index (χ4n) is 1.11. The van der Waals surface area contributed by atoms with Crippen molar-refractivity contribution in [3.8, 4) is 5.75 Å². The van der Waals surface area contributed by atoms with Gasteiger partial charge in [-0.05, 0) is 44.3 Å². The number of benzene rings is 1. The van der Waals surface area contributed by atoms with Gasteiger partial charge in [0.1, 0.15) is 5.75 Å². The van der Waals surface area contributed by atoms with Crippen molar-refractivity contribution in [1.82, 2.24) is 4.90 Å². The summed E-state index contributed by atoms with van der Waals surface area (Å²) in [5, 5.41) is 0. The minimum Gasteiger partial charge on any atom is -0.497 e. The lowest BCUT2D eigenvalue weighted by Crippen LogP contribution is -2.15. The highest BCUT2D eigenvalue weighted by Gasteiger charge is 1.96. The Balaban J connectivity index is 2.56. The molecule has 1 radical (unpaired) electrons. The number of likely N-dealkylation sites (N-methyl/N-ethyl adjacent to an activating group) is 1. The highest BCUT2D eigenvalue weighted by atomic mass is 16.5. The van der Waals surface area contributed by atoms with Gasteiger partial charge in [-0.2, -0.15) is 0 Å². The van der Waals surface area contributed by atoms with Crippen molar-refractivity contribution in [2.45, 2.75) is 6.42 Å². The first kappa shape index (κ1) is 10.1. The summed E-state index contributed by atoms with van der Waals surface area (Å²) in [6.45, 7) is 1.05. The van der Waals surface area contributed by atoms with Crippen LogP contribution in [0.15, 0.2) is 18.2 Å². The van der Waals surface area contributed by atoms with E-state index in [1.165, 1.54) is 5.56 Å². The first-order valence-electron chi connectivity index (χ1n) is 4.41. The summed E-state index contributed by atoms with van der Waals surface area (Å²) in [7, 11) is 5.82. The molecule has 1 rings (SSSR count). The van der Waals surface area contributed by atoms with E-state index < -0.39 is 0 Å². The number of nitrogens with zero attached hydrogens (tertiary/aromatic N) is 1. The van der Waals surface area contributed by atoms with Gasteiger partial charge < -0.3 is 9.64 Å². The lowest BCUT2D eigenvalue weighted by molar-refractivity contribution is 0.407. The van der Waals surface area contributed by atoms with E-state index in [4.69, 9.17) is 4.74 Å². The van der Waals surface area contributed by atoms with Crippen LogP contribution in [0.4, 0.5) is 0 Å². The fraction of sp³-hybridized carbons (Fsp3) is 0.455. The van der Waals surface area contributed by atoms with Crippen molar-refractivity contribution >= 4 is 0 Å². The third kappa shape index (κ3) is 3.47. The van der Waals surface area contributed by atoms with Crippen LogP contribution in [-0.2, 0) is 6.42 Å². The quantitative estimate of drug-likeness (QED) is 0.694. The van der Waals surface area contributed by atoms with Crippen LogP contribution < -0.4 is 4.74 Å². The minimum absolute atomic E-state index is 0.910. The van der Waals surface area contributed by atoms with E-state index in [1.807, 2.05) is 18.2 Å². The van der Waals surface area contributed by atoms with E-state index in [2.05, 4.69) is 25.1 Å². The predicted octanol–water partition coefficient (Wildman–Crippen LogP) is 1.60. The maximum absolute atomic E-state index is 5.13. The van der Waals surface area contributed by atoms with Gasteiger partial charge in [0.15, 0.2) is 0 Å². The molecular weight excluding hydrogens is 162 g/mol.